The number of likely N-dealkylation sites (N-methyl/N-ethyl adjacent to an activating group) is 1. The average molecular weight is 240 g/mol. The predicted molar refractivity (Wildman–Crippen MR) is 74.3 cm³/mol. The summed E-state index contributed by atoms with van der Waals surface area (Å²) in [6.07, 6.45) is 7.60. The van der Waals surface area contributed by atoms with E-state index in [0.717, 1.165) is 13.1 Å². The van der Waals surface area contributed by atoms with Crippen molar-refractivity contribution in [1.29, 1.82) is 0 Å². The second-order valence-electron chi connectivity index (χ2n) is 4.99. The number of rotatable bonds is 7. The van der Waals surface area contributed by atoms with Gasteiger partial charge in [-0.25, -0.2) is 0 Å². The number of nitrogens with zero attached hydrogens (tertiary/aromatic N) is 2. The largest absolute Gasteiger partial charge is 0.370 e. The highest BCUT2D eigenvalue weighted by atomic mass is 15.2. The lowest BCUT2D eigenvalue weighted by Crippen LogP contribution is -2.35. The summed E-state index contributed by atoms with van der Waals surface area (Å²) in [4.78, 5) is 6.79. The maximum atomic E-state index is 5.83. The number of guanidine groups is 1. The number of hydrogen-bond donors (Lipinski definition) is 2. The van der Waals surface area contributed by atoms with Gasteiger partial charge in [-0.2, -0.15) is 0 Å². The van der Waals surface area contributed by atoms with Gasteiger partial charge >= 0.3 is 0 Å². The molecule has 0 aromatic rings. The molecule has 0 aromatic carbocycles. The van der Waals surface area contributed by atoms with Crippen LogP contribution in [0.2, 0.25) is 0 Å². The van der Waals surface area contributed by atoms with Crippen LogP contribution >= 0.6 is 0 Å². The van der Waals surface area contributed by atoms with Crippen LogP contribution in [0, 0.1) is 0 Å². The first kappa shape index (κ1) is 14.3. The SMILES string of the molecule is CCCCCCNC(N)=NCC1CCCN1C. The molecule has 0 aliphatic carbocycles. The maximum Gasteiger partial charge on any atom is 0.188 e. The molecule has 17 heavy (non-hydrogen) atoms. The van der Waals surface area contributed by atoms with Crippen molar-refractivity contribution >= 4 is 5.96 Å². The summed E-state index contributed by atoms with van der Waals surface area (Å²) in [7, 11) is 2.17. The molecule has 1 rings (SSSR count). The Morgan fingerprint density at radius 1 is 1.41 bits per heavy atom. The number of nitrogens with one attached hydrogen (secondary N) is 1. The Morgan fingerprint density at radius 2 is 2.24 bits per heavy atom. The Hall–Kier alpha value is -0.770. The van der Waals surface area contributed by atoms with E-state index in [0.29, 0.717) is 12.0 Å². The van der Waals surface area contributed by atoms with E-state index in [9.17, 15) is 0 Å². The van der Waals surface area contributed by atoms with E-state index in [1.807, 2.05) is 0 Å². The topological polar surface area (TPSA) is 53.6 Å². The zero-order valence-electron chi connectivity index (χ0n) is 11.4. The molecule has 0 radical (unpaired) electrons. The second kappa shape index (κ2) is 8.34. The molecule has 1 heterocycles. The number of likely N-dealkylation sites (tertiary alicyclic amines) is 1. The fourth-order valence-corrected chi connectivity index (χ4v) is 2.24. The molecule has 1 atom stereocenters. The Balaban J connectivity index is 2.07. The first-order chi connectivity index (χ1) is 8.24. The Kier molecular flexibility index (Phi) is 7.01. The van der Waals surface area contributed by atoms with Crippen LogP contribution in [0.3, 0.4) is 0 Å². The van der Waals surface area contributed by atoms with Gasteiger partial charge in [0, 0.05) is 12.6 Å². The summed E-state index contributed by atoms with van der Waals surface area (Å²) >= 11 is 0. The Morgan fingerprint density at radius 3 is 2.88 bits per heavy atom. The van der Waals surface area contributed by atoms with E-state index >= 15 is 0 Å². The highest BCUT2D eigenvalue weighted by Gasteiger charge is 2.19. The predicted octanol–water partition coefficient (Wildman–Crippen LogP) is 1.57. The lowest BCUT2D eigenvalue weighted by Gasteiger charge is -2.17. The zero-order chi connectivity index (χ0) is 12.5. The molecular formula is C13H28N4. The van der Waals surface area contributed by atoms with Gasteiger partial charge in [-0.05, 0) is 32.9 Å². The molecular weight excluding hydrogens is 212 g/mol. The first-order valence-electron chi connectivity index (χ1n) is 6.98. The first-order valence-corrected chi connectivity index (χ1v) is 6.98. The quantitative estimate of drug-likeness (QED) is 0.403. The van der Waals surface area contributed by atoms with Crippen LogP contribution in [0.5, 0.6) is 0 Å². The third-order valence-electron chi connectivity index (χ3n) is 3.48. The number of unbranched alkanes of at least 4 members (excludes halogenated alkanes) is 3. The lowest BCUT2D eigenvalue weighted by molar-refractivity contribution is 0.317. The molecule has 0 aromatic heterocycles. The zero-order valence-corrected chi connectivity index (χ0v) is 11.4. The molecule has 0 amide bonds. The maximum absolute atomic E-state index is 5.83. The van der Waals surface area contributed by atoms with Gasteiger partial charge in [-0.1, -0.05) is 26.2 Å². The molecule has 1 unspecified atom stereocenters. The summed E-state index contributed by atoms with van der Waals surface area (Å²) in [6, 6.07) is 0.593. The van der Waals surface area contributed by atoms with Crippen LogP contribution in [0.4, 0.5) is 0 Å². The van der Waals surface area contributed by atoms with Gasteiger partial charge in [0.1, 0.15) is 0 Å². The summed E-state index contributed by atoms with van der Waals surface area (Å²) in [6.45, 7) is 5.21. The second-order valence-corrected chi connectivity index (χ2v) is 4.99. The molecule has 4 nitrogen and oxygen atoms in total. The van der Waals surface area contributed by atoms with E-state index in [2.05, 4.69) is 29.2 Å². The van der Waals surface area contributed by atoms with Crippen molar-refractivity contribution in [2.24, 2.45) is 10.7 Å². The van der Waals surface area contributed by atoms with Gasteiger partial charge < -0.3 is 16.0 Å². The lowest BCUT2D eigenvalue weighted by atomic mass is 10.2. The van der Waals surface area contributed by atoms with Gasteiger partial charge in [-0.15, -0.1) is 0 Å². The molecule has 4 heteroatoms. The van der Waals surface area contributed by atoms with Crippen LogP contribution in [-0.4, -0.2) is 43.6 Å². The normalized spacial score (nSPS) is 22.0. The van der Waals surface area contributed by atoms with E-state index < -0.39 is 0 Å². The Labute approximate surface area is 106 Å². The van der Waals surface area contributed by atoms with Crippen molar-refractivity contribution < 1.29 is 0 Å². The molecule has 1 saturated heterocycles. The molecule has 100 valence electrons. The van der Waals surface area contributed by atoms with E-state index in [1.54, 1.807) is 0 Å². The average Bonchev–Trinajstić information content (AvgIpc) is 2.72. The van der Waals surface area contributed by atoms with Gasteiger partial charge in [-0.3, -0.25) is 4.99 Å². The molecule has 0 saturated carbocycles. The van der Waals surface area contributed by atoms with Gasteiger partial charge in [0.05, 0.1) is 6.54 Å². The number of aliphatic imine (C=N–C) groups is 1. The monoisotopic (exact) mass is 240 g/mol. The van der Waals surface area contributed by atoms with Crippen LogP contribution in [-0.2, 0) is 0 Å². The van der Waals surface area contributed by atoms with Gasteiger partial charge in [0.2, 0.25) is 0 Å². The summed E-state index contributed by atoms with van der Waals surface area (Å²) in [5.74, 6) is 0.613. The molecule has 3 N–H and O–H groups in total. The van der Waals surface area contributed by atoms with E-state index in [-0.39, 0.29) is 0 Å². The third-order valence-corrected chi connectivity index (χ3v) is 3.48. The number of nitrogens with two attached hydrogens (primary N) is 1. The fraction of sp³-hybridized carbons (Fsp3) is 0.923. The van der Waals surface area contributed by atoms with Gasteiger partial charge in [0.25, 0.3) is 0 Å². The highest BCUT2D eigenvalue weighted by Crippen LogP contribution is 2.14. The van der Waals surface area contributed by atoms with E-state index in [4.69, 9.17) is 5.73 Å². The van der Waals surface area contributed by atoms with Crippen molar-refractivity contribution in [1.82, 2.24) is 10.2 Å². The van der Waals surface area contributed by atoms with Crippen molar-refractivity contribution in [3.8, 4) is 0 Å². The van der Waals surface area contributed by atoms with Crippen molar-refractivity contribution in [2.45, 2.75) is 51.5 Å². The molecule has 0 bridgehead atoms. The van der Waals surface area contributed by atoms with Crippen LogP contribution < -0.4 is 11.1 Å². The van der Waals surface area contributed by atoms with Crippen molar-refractivity contribution in [3.63, 3.8) is 0 Å². The molecule has 1 aliphatic heterocycles. The van der Waals surface area contributed by atoms with Crippen LogP contribution in [0.1, 0.15) is 45.4 Å². The van der Waals surface area contributed by atoms with Crippen LogP contribution in [0.25, 0.3) is 0 Å². The standard InChI is InChI=1S/C13H28N4/c1-3-4-5-6-9-15-13(14)16-11-12-8-7-10-17(12)2/h12H,3-11H2,1-2H3,(H3,14,15,16). The smallest absolute Gasteiger partial charge is 0.188 e. The van der Waals surface area contributed by atoms with Crippen molar-refractivity contribution in [3.05, 3.63) is 0 Å². The Bertz CT molecular complexity index is 227. The minimum absolute atomic E-state index is 0.593. The van der Waals surface area contributed by atoms with Crippen molar-refractivity contribution in [2.75, 3.05) is 26.7 Å². The summed E-state index contributed by atoms with van der Waals surface area (Å²) in [5, 5.41) is 3.19. The number of hydrogen-bond acceptors (Lipinski definition) is 2. The minimum atomic E-state index is 0.593. The molecule has 0 spiro atoms. The fourth-order valence-electron chi connectivity index (χ4n) is 2.24. The molecule has 1 fully saturated rings. The van der Waals surface area contributed by atoms with Gasteiger partial charge in [0.15, 0.2) is 5.96 Å². The summed E-state index contributed by atoms with van der Waals surface area (Å²) in [5.41, 5.74) is 5.83. The third kappa shape index (κ3) is 5.91. The molecule has 1 aliphatic rings. The summed E-state index contributed by atoms with van der Waals surface area (Å²) < 4.78 is 0. The highest BCUT2D eigenvalue weighted by molar-refractivity contribution is 5.77. The minimum Gasteiger partial charge on any atom is -0.370 e. The van der Waals surface area contributed by atoms with E-state index in [1.165, 1.54) is 45.1 Å². The van der Waals surface area contributed by atoms with Crippen LogP contribution in [0.15, 0.2) is 4.99 Å².